The van der Waals surface area contributed by atoms with Crippen molar-refractivity contribution in [1.82, 2.24) is 0 Å². The highest BCUT2D eigenvalue weighted by atomic mass is 32.1. The third kappa shape index (κ3) is 4.37. The molecule has 0 unspecified atom stereocenters. The standard InChI is InChI=1S/C13H16N2O2S/c1-13(2,3)17-12(16)11(14)9-4-6-10(7-5-9)15-8-18/h4-7,11H,14H2,1-3H3/t11-/m1/s1. The van der Waals surface area contributed by atoms with Crippen LogP contribution in [0.4, 0.5) is 5.69 Å². The molecule has 0 radical (unpaired) electrons. The van der Waals surface area contributed by atoms with E-state index in [9.17, 15) is 4.79 Å². The van der Waals surface area contributed by atoms with Crippen LogP contribution in [0.5, 0.6) is 0 Å². The number of thiocarbonyl (C=S) groups is 1. The Bertz CT molecular complexity index is 471. The van der Waals surface area contributed by atoms with E-state index in [2.05, 4.69) is 22.4 Å². The second-order valence-electron chi connectivity index (χ2n) is 4.81. The van der Waals surface area contributed by atoms with Gasteiger partial charge >= 0.3 is 5.97 Å². The van der Waals surface area contributed by atoms with Crippen molar-refractivity contribution in [1.29, 1.82) is 0 Å². The minimum absolute atomic E-state index is 0.450. The zero-order valence-electron chi connectivity index (χ0n) is 10.6. The van der Waals surface area contributed by atoms with E-state index in [4.69, 9.17) is 10.5 Å². The normalized spacial score (nSPS) is 12.4. The summed E-state index contributed by atoms with van der Waals surface area (Å²) in [5, 5.41) is 2.27. The van der Waals surface area contributed by atoms with Gasteiger partial charge in [-0.25, -0.2) is 4.79 Å². The topological polar surface area (TPSA) is 64.7 Å². The lowest BCUT2D eigenvalue weighted by Crippen LogP contribution is -2.31. The molecule has 0 aliphatic rings. The van der Waals surface area contributed by atoms with Crippen molar-refractivity contribution in [2.75, 3.05) is 0 Å². The maximum absolute atomic E-state index is 11.8. The fraction of sp³-hybridized carbons (Fsp3) is 0.385. The molecule has 0 saturated heterocycles. The molecule has 0 fully saturated rings. The maximum Gasteiger partial charge on any atom is 0.328 e. The Kier molecular flexibility index (Phi) is 4.73. The predicted molar refractivity (Wildman–Crippen MR) is 73.9 cm³/mol. The predicted octanol–water partition coefficient (Wildman–Crippen LogP) is 2.76. The number of nitrogens with zero attached hydrogens (tertiary/aromatic N) is 1. The Morgan fingerprint density at radius 2 is 1.94 bits per heavy atom. The van der Waals surface area contributed by atoms with Gasteiger partial charge in [-0.2, -0.15) is 4.99 Å². The number of rotatable bonds is 3. The largest absolute Gasteiger partial charge is 0.459 e. The lowest BCUT2D eigenvalue weighted by atomic mass is 10.1. The molecule has 2 N–H and O–H groups in total. The monoisotopic (exact) mass is 264 g/mol. The molecule has 0 aliphatic heterocycles. The van der Waals surface area contributed by atoms with Crippen LogP contribution in [0.15, 0.2) is 29.3 Å². The van der Waals surface area contributed by atoms with E-state index in [1.165, 1.54) is 0 Å². The summed E-state index contributed by atoms with van der Waals surface area (Å²) in [5.74, 6) is -0.450. The summed E-state index contributed by atoms with van der Waals surface area (Å²) in [6.07, 6.45) is 0. The number of esters is 1. The van der Waals surface area contributed by atoms with Gasteiger partial charge < -0.3 is 10.5 Å². The Morgan fingerprint density at radius 3 is 2.39 bits per heavy atom. The molecule has 0 bridgehead atoms. The zero-order valence-corrected chi connectivity index (χ0v) is 11.5. The average molecular weight is 264 g/mol. The SMILES string of the molecule is CC(C)(C)OC(=O)[C@H](N)c1ccc(N=C=S)cc1. The van der Waals surface area contributed by atoms with Crippen molar-refractivity contribution in [3.8, 4) is 0 Å². The van der Waals surface area contributed by atoms with E-state index < -0.39 is 17.6 Å². The van der Waals surface area contributed by atoms with Crippen LogP contribution in [0.3, 0.4) is 0 Å². The van der Waals surface area contributed by atoms with Crippen LogP contribution in [0.1, 0.15) is 32.4 Å². The molecule has 0 aromatic heterocycles. The number of ether oxygens (including phenoxy) is 1. The van der Waals surface area contributed by atoms with Crippen molar-refractivity contribution in [2.45, 2.75) is 32.4 Å². The molecule has 96 valence electrons. The minimum atomic E-state index is -0.797. The first-order chi connectivity index (χ1) is 8.33. The molecular weight excluding hydrogens is 248 g/mol. The number of aliphatic imine (C=N–C) groups is 1. The molecule has 0 saturated carbocycles. The Morgan fingerprint density at radius 1 is 1.39 bits per heavy atom. The highest BCUT2D eigenvalue weighted by Gasteiger charge is 2.23. The molecular formula is C13H16N2O2S. The van der Waals surface area contributed by atoms with E-state index in [1.54, 1.807) is 45.0 Å². The van der Waals surface area contributed by atoms with Gasteiger partial charge in [0.05, 0.1) is 10.8 Å². The molecule has 1 rings (SSSR count). The number of isothiocyanates is 1. The Labute approximate surface area is 112 Å². The molecule has 1 atom stereocenters. The van der Waals surface area contributed by atoms with Crippen LogP contribution in [-0.2, 0) is 9.53 Å². The summed E-state index contributed by atoms with van der Waals surface area (Å²) in [7, 11) is 0. The zero-order chi connectivity index (χ0) is 13.8. The number of hydrogen-bond donors (Lipinski definition) is 1. The third-order valence-corrected chi connectivity index (χ3v) is 2.18. The quantitative estimate of drug-likeness (QED) is 0.518. The Hall–Kier alpha value is -1.55. The maximum atomic E-state index is 11.8. The number of carbonyl (C=O) groups is 1. The first-order valence-electron chi connectivity index (χ1n) is 5.50. The molecule has 1 aromatic carbocycles. The van der Waals surface area contributed by atoms with Crippen molar-refractivity contribution >= 4 is 29.0 Å². The molecule has 4 nitrogen and oxygen atoms in total. The Balaban J connectivity index is 2.81. The van der Waals surface area contributed by atoms with Gasteiger partial charge in [0.2, 0.25) is 0 Å². The lowest BCUT2D eigenvalue weighted by Gasteiger charge is -2.22. The molecule has 5 heteroatoms. The molecule has 0 spiro atoms. The first kappa shape index (κ1) is 14.5. The van der Waals surface area contributed by atoms with Crippen LogP contribution in [0.25, 0.3) is 0 Å². The summed E-state index contributed by atoms with van der Waals surface area (Å²) in [4.78, 5) is 15.6. The van der Waals surface area contributed by atoms with E-state index >= 15 is 0 Å². The van der Waals surface area contributed by atoms with E-state index in [0.717, 1.165) is 0 Å². The van der Waals surface area contributed by atoms with Gasteiger partial charge in [0, 0.05) is 0 Å². The fourth-order valence-electron chi connectivity index (χ4n) is 1.31. The van der Waals surface area contributed by atoms with E-state index in [0.29, 0.717) is 11.3 Å². The molecule has 18 heavy (non-hydrogen) atoms. The van der Waals surface area contributed by atoms with Crippen LogP contribution in [0.2, 0.25) is 0 Å². The number of benzene rings is 1. The lowest BCUT2D eigenvalue weighted by molar-refractivity contribution is -0.156. The van der Waals surface area contributed by atoms with Crippen molar-refractivity contribution in [2.24, 2.45) is 10.7 Å². The fourth-order valence-corrected chi connectivity index (χ4v) is 1.42. The highest BCUT2D eigenvalue weighted by Crippen LogP contribution is 2.19. The number of carbonyl (C=O) groups excluding carboxylic acids is 1. The second kappa shape index (κ2) is 5.87. The van der Waals surface area contributed by atoms with Gasteiger partial charge in [-0.05, 0) is 50.7 Å². The van der Waals surface area contributed by atoms with Gasteiger partial charge in [-0.1, -0.05) is 12.1 Å². The molecule has 1 aromatic rings. The van der Waals surface area contributed by atoms with E-state index in [1.807, 2.05) is 0 Å². The summed E-state index contributed by atoms with van der Waals surface area (Å²) < 4.78 is 5.22. The summed E-state index contributed by atoms with van der Waals surface area (Å²) in [6, 6.07) is 6.09. The summed E-state index contributed by atoms with van der Waals surface area (Å²) in [5.41, 5.74) is 6.63. The van der Waals surface area contributed by atoms with Crippen LogP contribution >= 0.6 is 12.2 Å². The van der Waals surface area contributed by atoms with Crippen molar-refractivity contribution < 1.29 is 9.53 Å². The number of hydrogen-bond acceptors (Lipinski definition) is 5. The van der Waals surface area contributed by atoms with Crippen LogP contribution < -0.4 is 5.73 Å². The van der Waals surface area contributed by atoms with E-state index in [-0.39, 0.29) is 0 Å². The highest BCUT2D eigenvalue weighted by molar-refractivity contribution is 7.78. The van der Waals surface area contributed by atoms with Crippen LogP contribution in [-0.4, -0.2) is 16.7 Å². The van der Waals surface area contributed by atoms with Crippen molar-refractivity contribution in [3.63, 3.8) is 0 Å². The van der Waals surface area contributed by atoms with Gasteiger partial charge in [0.25, 0.3) is 0 Å². The molecule has 0 heterocycles. The van der Waals surface area contributed by atoms with Gasteiger partial charge in [-0.15, -0.1) is 0 Å². The second-order valence-corrected chi connectivity index (χ2v) is 4.99. The third-order valence-electron chi connectivity index (χ3n) is 2.09. The van der Waals surface area contributed by atoms with Gasteiger partial charge in [0.15, 0.2) is 0 Å². The molecule has 0 amide bonds. The van der Waals surface area contributed by atoms with Gasteiger partial charge in [0.1, 0.15) is 11.6 Å². The minimum Gasteiger partial charge on any atom is -0.459 e. The molecule has 0 aliphatic carbocycles. The first-order valence-corrected chi connectivity index (χ1v) is 5.90. The summed E-state index contributed by atoms with van der Waals surface area (Å²) >= 11 is 4.50. The summed E-state index contributed by atoms with van der Waals surface area (Å²) in [6.45, 7) is 5.40. The van der Waals surface area contributed by atoms with Gasteiger partial charge in [-0.3, -0.25) is 0 Å². The average Bonchev–Trinajstić information content (AvgIpc) is 2.27. The number of nitrogens with two attached hydrogens (primary N) is 1. The smallest absolute Gasteiger partial charge is 0.328 e. The van der Waals surface area contributed by atoms with Crippen molar-refractivity contribution in [3.05, 3.63) is 29.8 Å². The van der Waals surface area contributed by atoms with Crippen LogP contribution in [0, 0.1) is 0 Å².